The molecule has 5 rings (SSSR count). The molecule has 26 heavy (non-hydrogen) atoms. The molecule has 0 radical (unpaired) electrons. The lowest BCUT2D eigenvalue weighted by molar-refractivity contribution is -0.145. The molecular weight excluding hydrogens is 368 g/mol. The van der Waals surface area contributed by atoms with E-state index in [4.69, 9.17) is 4.74 Å². The number of amides is 1. The summed E-state index contributed by atoms with van der Waals surface area (Å²) in [4.78, 5) is 27.3. The van der Waals surface area contributed by atoms with Crippen LogP contribution in [-0.4, -0.2) is 53.1 Å². The van der Waals surface area contributed by atoms with Gasteiger partial charge in [0.2, 0.25) is 0 Å². The van der Waals surface area contributed by atoms with Crippen molar-refractivity contribution >= 4 is 43.9 Å². The number of ether oxygens (including phenoxy) is 1. The molecule has 0 spiro atoms. The molecule has 3 aromatic rings. The number of anilines is 1. The van der Waals surface area contributed by atoms with E-state index in [0.717, 1.165) is 34.9 Å². The first-order chi connectivity index (χ1) is 12.8. The second-order valence-electron chi connectivity index (χ2n) is 6.52. The van der Waals surface area contributed by atoms with Gasteiger partial charge in [-0.2, -0.15) is 0 Å². The van der Waals surface area contributed by atoms with Gasteiger partial charge in [-0.05, 0) is 29.5 Å². The molecule has 1 unspecified atom stereocenters. The Hall–Kier alpha value is -2.03. The largest absolute Gasteiger partial charge is 0.365 e. The first-order valence-electron chi connectivity index (χ1n) is 8.69. The average Bonchev–Trinajstić information content (AvgIpc) is 3.33. The topological polar surface area (TPSA) is 58.6 Å². The number of pyridine rings is 1. The van der Waals surface area contributed by atoms with E-state index in [1.807, 2.05) is 11.0 Å². The van der Waals surface area contributed by atoms with Gasteiger partial charge in [0, 0.05) is 30.7 Å². The van der Waals surface area contributed by atoms with Gasteiger partial charge in [0.25, 0.3) is 5.91 Å². The Morgan fingerprint density at radius 1 is 1.31 bits per heavy atom. The van der Waals surface area contributed by atoms with Crippen molar-refractivity contribution in [3.8, 4) is 0 Å². The van der Waals surface area contributed by atoms with Crippen LogP contribution in [0.25, 0.3) is 10.2 Å². The zero-order valence-corrected chi connectivity index (χ0v) is 15.8. The van der Waals surface area contributed by atoms with Crippen LogP contribution < -0.4 is 4.90 Å². The number of hydrogen-bond donors (Lipinski definition) is 0. The van der Waals surface area contributed by atoms with E-state index in [1.54, 1.807) is 35.1 Å². The van der Waals surface area contributed by atoms with Crippen LogP contribution in [0.2, 0.25) is 0 Å². The predicted octanol–water partition coefficient (Wildman–Crippen LogP) is 2.54. The molecule has 0 saturated carbocycles. The fourth-order valence-corrected chi connectivity index (χ4v) is 5.37. The fraction of sp³-hybridized carbons (Fsp3) is 0.389. The number of morpholine rings is 1. The van der Waals surface area contributed by atoms with Crippen molar-refractivity contribution in [2.24, 2.45) is 0 Å². The van der Waals surface area contributed by atoms with Crippen LogP contribution in [0.1, 0.15) is 10.4 Å². The minimum Gasteiger partial charge on any atom is -0.365 e. The monoisotopic (exact) mass is 386 g/mol. The number of aromatic nitrogens is 2. The molecule has 6 nitrogen and oxygen atoms in total. The van der Waals surface area contributed by atoms with Crippen molar-refractivity contribution in [1.82, 2.24) is 14.9 Å². The molecule has 0 aliphatic carbocycles. The quantitative estimate of drug-likeness (QED) is 0.677. The van der Waals surface area contributed by atoms with Crippen molar-refractivity contribution in [1.29, 1.82) is 0 Å². The molecule has 8 heteroatoms. The Morgan fingerprint density at radius 3 is 3.19 bits per heavy atom. The summed E-state index contributed by atoms with van der Waals surface area (Å²) in [5, 5.41) is 3.05. The third-order valence-corrected chi connectivity index (χ3v) is 7.03. The summed E-state index contributed by atoms with van der Waals surface area (Å²) in [5.74, 6) is 0.0920. The second kappa shape index (κ2) is 6.61. The summed E-state index contributed by atoms with van der Waals surface area (Å²) in [6.07, 6.45) is 4.09. The molecule has 0 N–H and O–H groups in total. The van der Waals surface area contributed by atoms with E-state index in [-0.39, 0.29) is 5.91 Å². The Labute approximate surface area is 159 Å². The number of carbonyl (C=O) groups excluding carboxylic acids is 1. The van der Waals surface area contributed by atoms with Crippen molar-refractivity contribution in [2.45, 2.75) is 19.1 Å². The standard InChI is InChI=1S/C18H18N4O2S2/c23-17(21-5-2-15-12(10-21)3-8-25-15)14-11-22(6-7-24-14)18-20-13-9-19-4-1-16(13)26-18/h1,3-4,8-9,14H,2,5-7,10-11H2. The molecular formula is C18H18N4O2S2. The zero-order chi connectivity index (χ0) is 17.5. The molecule has 1 fully saturated rings. The van der Waals surface area contributed by atoms with Crippen LogP contribution in [0, 0.1) is 0 Å². The fourth-order valence-electron chi connectivity index (χ4n) is 3.52. The minimum atomic E-state index is -0.422. The number of nitrogens with zero attached hydrogens (tertiary/aromatic N) is 4. The molecule has 2 aliphatic rings. The average molecular weight is 387 g/mol. The number of carbonyl (C=O) groups is 1. The third kappa shape index (κ3) is 2.87. The maximum absolute atomic E-state index is 13.0. The van der Waals surface area contributed by atoms with Crippen molar-refractivity contribution in [2.75, 3.05) is 31.1 Å². The SMILES string of the molecule is O=C(C1CN(c2nc3cnccc3s2)CCO1)N1CCc2sccc2C1. The highest BCUT2D eigenvalue weighted by atomic mass is 32.1. The molecule has 0 aromatic carbocycles. The maximum Gasteiger partial charge on any atom is 0.253 e. The number of fused-ring (bicyclic) bond motifs is 2. The van der Waals surface area contributed by atoms with Gasteiger partial charge in [-0.25, -0.2) is 4.98 Å². The Balaban J connectivity index is 1.32. The van der Waals surface area contributed by atoms with Gasteiger partial charge >= 0.3 is 0 Å². The van der Waals surface area contributed by atoms with Gasteiger partial charge in [-0.3, -0.25) is 9.78 Å². The summed E-state index contributed by atoms with van der Waals surface area (Å²) >= 11 is 3.43. The summed E-state index contributed by atoms with van der Waals surface area (Å²) in [6.45, 7) is 3.33. The molecule has 5 heterocycles. The van der Waals surface area contributed by atoms with Gasteiger partial charge in [0.1, 0.15) is 5.52 Å². The van der Waals surface area contributed by atoms with Crippen LogP contribution >= 0.6 is 22.7 Å². The van der Waals surface area contributed by atoms with Crippen molar-refractivity contribution in [3.05, 3.63) is 40.3 Å². The summed E-state index contributed by atoms with van der Waals surface area (Å²) in [5.41, 5.74) is 2.18. The second-order valence-corrected chi connectivity index (χ2v) is 8.53. The smallest absolute Gasteiger partial charge is 0.253 e. The lowest BCUT2D eigenvalue weighted by atomic mass is 10.1. The van der Waals surface area contributed by atoms with Gasteiger partial charge in [0.15, 0.2) is 11.2 Å². The number of rotatable bonds is 2. The van der Waals surface area contributed by atoms with Gasteiger partial charge in [0.05, 0.1) is 24.0 Å². The predicted molar refractivity (Wildman–Crippen MR) is 103 cm³/mol. The normalized spacial score (nSPS) is 20.4. The Bertz CT molecular complexity index is 920. The van der Waals surface area contributed by atoms with E-state index in [2.05, 4.69) is 26.3 Å². The van der Waals surface area contributed by atoms with Crippen LogP contribution in [0.15, 0.2) is 29.9 Å². The summed E-state index contributed by atoms with van der Waals surface area (Å²) in [7, 11) is 0. The number of thiazole rings is 1. The zero-order valence-electron chi connectivity index (χ0n) is 14.1. The minimum absolute atomic E-state index is 0.0920. The molecule has 1 atom stereocenters. The highest BCUT2D eigenvalue weighted by molar-refractivity contribution is 7.22. The van der Waals surface area contributed by atoms with Crippen LogP contribution in [0.4, 0.5) is 5.13 Å². The van der Waals surface area contributed by atoms with Crippen molar-refractivity contribution < 1.29 is 9.53 Å². The highest BCUT2D eigenvalue weighted by Crippen LogP contribution is 2.30. The summed E-state index contributed by atoms with van der Waals surface area (Å²) < 4.78 is 6.94. The molecule has 2 aliphatic heterocycles. The number of hydrogen-bond acceptors (Lipinski definition) is 7. The highest BCUT2D eigenvalue weighted by Gasteiger charge is 2.33. The van der Waals surface area contributed by atoms with Gasteiger partial charge in [-0.15, -0.1) is 11.3 Å². The van der Waals surface area contributed by atoms with Gasteiger partial charge < -0.3 is 14.5 Å². The number of thiophene rings is 1. The van der Waals surface area contributed by atoms with E-state index in [9.17, 15) is 4.79 Å². The first kappa shape index (κ1) is 16.2. The third-order valence-electron chi connectivity index (χ3n) is 4.91. The molecule has 3 aromatic heterocycles. The van der Waals surface area contributed by atoms with E-state index >= 15 is 0 Å². The van der Waals surface area contributed by atoms with Gasteiger partial charge in [-0.1, -0.05) is 11.3 Å². The van der Waals surface area contributed by atoms with Crippen LogP contribution in [0.3, 0.4) is 0 Å². The maximum atomic E-state index is 13.0. The van der Waals surface area contributed by atoms with Crippen LogP contribution in [-0.2, 0) is 22.5 Å². The van der Waals surface area contributed by atoms with E-state index in [0.29, 0.717) is 19.7 Å². The molecule has 0 bridgehead atoms. The lowest BCUT2D eigenvalue weighted by Crippen LogP contribution is -2.51. The Morgan fingerprint density at radius 2 is 2.27 bits per heavy atom. The Kier molecular flexibility index (Phi) is 4.11. The molecule has 134 valence electrons. The van der Waals surface area contributed by atoms with E-state index < -0.39 is 6.10 Å². The lowest BCUT2D eigenvalue weighted by Gasteiger charge is -2.36. The van der Waals surface area contributed by atoms with Crippen molar-refractivity contribution in [3.63, 3.8) is 0 Å². The van der Waals surface area contributed by atoms with Crippen LogP contribution in [0.5, 0.6) is 0 Å². The summed E-state index contributed by atoms with van der Waals surface area (Å²) in [6, 6.07) is 4.11. The van der Waals surface area contributed by atoms with E-state index in [1.165, 1.54) is 10.4 Å². The first-order valence-corrected chi connectivity index (χ1v) is 10.4. The molecule has 1 saturated heterocycles. The molecule has 1 amide bonds.